The SMILES string of the molecule is Cc1nc(N[C@H](O)c2cccc(C(F)F)c2F)c2cn(C3CC(F)(F)C3)c(=O)cc2n1. The minimum Gasteiger partial charge on any atom is -0.369 e. The van der Waals surface area contributed by atoms with Gasteiger partial charge in [-0.25, -0.2) is 31.9 Å². The van der Waals surface area contributed by atoms with Gasteiger partial charge in [0.25, 0.3) is 17.9 Å². The molecule has 11 heteroatoms. The Balaban J connectivity index is 1.74. The van der Waals surface area contributed by atoms with E-state index in [4.69, 9.17) is 0 Å². The van der Waals surface area contributed by atoms with E-state index < -0.39 is 60.0 Å². The highest BCUT2D eigenvalue weighted by atomic mass is 19.3. The summed E-state index contributed by atoms with van der Waals surface area (Å²) in [5.41, 5.74) is -1.61. The number of halogens is 5. The molecule has 1 saturated carbocycles. The quantitative estimate of drug-likeness (QED) is 0.458. The number of rotatable bonds is 5. The largest absolute Gasteiger partial charge is 0.369 e. The van der Waals surface area contributed by atoms with Crippen LogP contribution in [0, 0.1) is 12.7 Å². The fourth-order valence-corrected chi connectivity index (χ4v) is 3.61. The minimum absolute atomic E-state index is 0.00307. The third kappa shape index (κ3) is 3.97. The summed E-state index contributed by atoms with van der Waals surface area (Å²) in [5.74, 6) is -3.89. The smallest absolute Gasteiger partial charge is 0.266 e. The number of benzene rings is 1. The summed E-state index contributed by atoms with van der Waals surface area (Å²) in [4.78, 5) is 20.6. The molecule has 2 heterocycles. The van der Waals surface area contributed by atoms with Crippen molar-refractivity contribution in [2.45, 2.75) is 44.4 Å². The van der Waals surface area contributed by atoms with Crippen LogP contribution < -0.4 is 10.9 Å². The lowest BCUT2D eigenvalue weighted by atomic mass is 9.88. The fourth-order valence-electron chi connectivity index (χ4n) is 3.61. The van der Waals surface area contributed by atoms with Gasteiger partial charge in [0.15, 0.2) is 6.23 Å². The molecule has 164 valence electrons. The molecule has 0 spiro atoms. The van der Waals surface area contributed by atoms with Gasteiger partial charge < -0.3 is 15.0 Å². The van der Waals surface area contributed by atoms with Crippen LogP contribution in [0.4, 0.5) is 27.8 Å². The van der Waals surface area contributed by atoms with E-state index in [9.17, 15) is 31.9 Å². The number of fused-ring (bicyclic) bond motifs is 1. The average molecular weight is 440 g/mol. The van der Waals surface area contributed by atoms with E-state index in [0.29, 0.717) is 0 Å². The Morgan fingerprint density at radius 3 is 2.55 bits per heavy atom. The number of alkyl halides is 4. The van der Waals surface area contributed by atoms with Crippen molar-refractivity contribution < 1.29 is 27.1 Å². The van der Waals surface area contributed by atoms with Gasteiger partial charge in [0.1, 0.15) is 17.5 Å². The molecule has 1 aromatic carbocycles. The topological polar surface area (TPSA) is 80.0 Å². The summed E-state index contributed by atoms with van der Waals surface area (Å²) in [5, 5.41) is 13.2. The molecule has 2 N–H and O–H groups in total. The number of aliphatic hydroxyl groups excluding tert-OH is 1. The standard InChI is InChI=1S/C20H17F5N4O2/c1-9-26-14-5-15(30)29(10-6-20(24,25)7-10)8-13(14)18(27-9)28-19(31)12-4-2-3-11(16(12)21)17(22)23/h2-5,8,10,17,19,31H,6-7H2,1H3,(H,26,27,28)/t19-/m1/s1. The van der Waals surface area contributed by atoms with E-state index in [1.165, 1.54) is 19.2 Å². The van der Waals surface area contributed by atoms with Gasteiger partial charge in [-0.2, -0.15) is 0 Å². The second-order valence-electron chi connectivity index (χ2n) is 7.45. The highest BCUT2D eigenvalue weighted by Crippen LogP contribution is 2.45. The minimum atomic E-state index is -3.07. The first-order valence-electron chi connectivity index (χ1n) is 9.35. The molecule has 0 unspecified atom stereocenters. The van der Waals surface area contributed by atoms with Gasteiger partial charge in [0, 0.05) is 36.7 Å². The zero-order valence-corrected chi connectivity index (χ0v) is 16.1. The first-order chi connectivity index (χ1) is 14.6. The molecular formula is C20H17F5N4O2. The molecule has 1 atom stereocenters. The van der Waals surface area contributed by atoms with E-state index in [1.54, 1.807) is 0 Å². The lowest BCUT2D eigenvalue weighted by molar-refractivity contribution is -0.104. The van der Waals surface area contributed by atoms with E-state index >= 15 is 0 Å². The molecule has 3 aromatic rings. The Bertz CT molecular complexity index is 1210. The molecule has 0 saturated heterocycles. The van der Waals surface area contributed by atoms with Gasteiger partial charge in [0.2, 0.25) is 0 Å². The van der Waals surface area contributed by atoms with Crippen LogP contribution in [0.3, 0.4) is 0 Å². The number of hydrogen-bond donors (Lipinski definition) is 2. The van der Waals surface area contributed by atoms with Gasteiger partial charge in [-0.05, 0) is 6.92 Å². The Morgan fingerprint density at radius 1 is 1.23 bits per heavy atom. The summed E-state index contributed by atoms with van der Waals surface area (Å²) >= 11 is 0. The highest BCUT2D eigenvalue weighted by Gasteiger charge is 2.46. The summed E-state index contributed by atoms with van der Waals surface area (Å²) in [6.45, 7) is 1.52. The molecule has 6 nitrogen and oxygen atoms in total. The van der Waals surface area contributed by atoms with E-state index in [1.807, 2.05) is 0 Å². The maximum Gasteiger partial charge on any atom is 0.266 e. The molecule has 2 aromatic heterocycles. The van der Waals surface area contributed by atoms with E-state index in [0.717, 1.165) is 22.8 Å². The Hall–Kier alpha value is -3.08. The molecule has 0 bridgehead atoms. The summed E-state index contributed by atoms with van der Waals surface area (Å²) in [7, 11) is 0. The van der Waals surface area contributed by atoms with Crippen molar-refractivity contribution in [3.8, 4) is 0 Å². The summed E-state index contributed by atoms with van der Waals surface area (Å²) < 4.78 is 68.0. The molecule has 0 amide bonds. The van der Waals surface area contributed by atoms with E-state index in [2.05, 4.69) is 15.3 Å². The molecule has 1 fully saturated rings. The number of pyridine rings is 1. The first-order valence-corrected chi connectivity index (χ1v) is 9.35. The molecule has 1 aliphatic rings. The maximum atomic E-state index is 14.4. The number of anilines is 1. The second-order valence-corrected chi connectivity index (χ2v) is 7.45. The summed E-state index contributed by atoms with van der Waals surface area (Å²) in [6.07, 6.45) is -4.48. The first kappa shape index (κ1) is 21.2. The highest BCUT2D eigenvalue weighted by molar-refractivity contribution is 5.88. The monoisotopic (exact) mass is 440 g/mol. The van der Waals surface area contributed by atoms with Gasteiger partial charge >= 0.3 is 0 Å². The van der Waals surface area contributed by atoms with Gasteiger partial charge in [-0.15, -0.1) is 0 Å². The van der Waals surface area contributed by atoms with Crippen molar-refractivity contribution in [2.24, 2.45) is 0 Å². The number of nitrogens with one attached hydrogen (secondary N) is 1. The predicted octanol–water partition coefficient (Wildman–Crippen LogP) is 4.25. The third-order valence-electron chi connectivity index (χ3n) is 5.19. The summed E-state index contributed by atoms with van der Waals surface area (Å²) in [6, 6.07) is 3.69. The van der Waals surface area contributed by atoms with Crippen LogP contribution in [-0.4, -0.2) is 25.6 Å². The number of nitrogens with zero attached hydrogens (tertiary/aromatic N) is 3. The van der Waals surface area contributed by atoms with Crippen molar-refractivity contribution >= 4 is 16.7 Å². The van der Waals surface area contributed by atoms with Crippen LogP contribution in [0.2, 0.25) is 0 Å². The lowest BCUT2D eigenvalue weighted by Crippen LogP contribution is -2.40. The lowest BCUT2D eigenvalue weighted by Gasteiger charge is -2.36. The number of aryl methyl sites for hydroxylation is 1. The normalized spacial score (nSPS) is 17.0. The van der Waals surface area contributed by atoms with Crippen LogP contribution in [0.1, 0.15) is 48.5 Å². The number of aromatic nitrogens is 3. The number of aliphatic hydroxyl groups is 1. The maximum absolute atomic E-state index is 14.4. The van der Waals surface area contributed by atoms with Crippen LogP contribution in [0.15, 0.2) is 35.3 Å². The Morgan fingerprint density at radius 2 is 1.90 bits per heavy atom. The zero-order valence-electron chi connectivity index (χ0n) is 16.1. The van der Waals surface area contributed by atoms with Crippen molar-refractivity contribution in [3.63, 3.8) is 0 Å². The molecule has 1 aliphatic carbocycles. The van der Waals surface area contributed by atoms with Gasteiger partial charge in [0.05, 0.1) is 16.5 Å². The molecular weight excluding hydrogens is 423 g/mol. The molecule has 31 heavy (non-hydrogen) atoms. The van der Waals surface area contributed by atoms with Crippen molar-refractivity contribution in [1.29, 1.82) is 0 Å². The van der Waals surface area contributed by atoms with Crippen LogP contribution >= 0.6 is 0 Å². The molecule has 0 aliphatic heterocycles. The number of hydrogen-bond acceptors (Lipinski definition) is 5. The zero-order chi connectivity index (χ0) is 22.5. The van der Waals surface area contributed by atoms with Crippen molar-refractivity contribution in [1.82, 2.24) is 14.5 Å². The predicted molar refractivity (Wildman–Crippen MR) is 102 cm³/mol. The molecule has 0 radical (unpaired) electrons. The average Bonchev–Trinajstić information content (AvgIpc) is 2.65. The van der Waals surface area contributed by atoms with Crippen molar-refractivity contribution in [2.75, 3.05) is 5.32 Å². The Labute approximate surface area is 172 Å². The van der Waals surface area contributed by atoms with Gasteiger partial charge in [-0.1, -0.05) is 18.2 Å². The van der Waals surface area contributed by atoms with Gasteiger partial charge in [-0.3, -0.25) is 4.79 Å². The van der Waals surface area contributed by atoms with Crippen molar-refractivity contribution in [3.05, 3.63) is 63.6 Å². The van der Waals surface area contributed by atoms with Crippen LogP contribution in [-0.2, 0) is 0 Å². The molecule has 4 rings (SSSR count). The Kier molecular flexibility index (Phi) is 5.16. The third-order valence-corrected chi connectivity index (χ3v) is 5.19. The van der Waals surface area contributed by atoms with Crippen LogP contribution in [0.25, 0.3) is 10.9 Å². The second kappa shape index (κ2) is 7.56. The van der Waals surface area contributed by atoms with E-state index in [-0.39, 0.29) is 22.5 Å². The fraction of sp³-hybridized carbons (Fsp3) is 0.350. The van der Waals surface area contributed by atoms with Crippen LogP contribution in [0.5, 0.6) is 0 Å².